The summed E-state index contributed by atoms with van der Waals surface area (Å²) < 4.78 is 11.9. The monoisotopic (exact) mass is 352 g/mol. The van der Waals surface area contributed by atoms with Crippen molar-refractivity contribution in [2.24, 2.45) is 5.41 Å². The summed E-state index contributed by atoms with van der Waals surface area (Å²) in [6.45, 7) is -0.0615. The number of esters is 1. The highest BCUT2D eigenvalue weighted by atomic mass is 16.5. The summed E-state index contributed by atoms with van der Waals surface area (Å²) in [5.41, 5.74) is 1.41. The second kappa shape index (κ2) is 6.53. The molecule has 0 aromatic heterocycles. The molecule has 0 amide bonds. The van der Waals surface area contributed by atoms with Crippen molar-refractivity contribution in [2.75, 3.05) is 13.7 Å². The van der Waals surface area contributed by atoms with Gasteiger partial charge in [-0.05, 0) is 42.4 Å². The van der Waals surface area contributed by atoms with Crippen LogP contribution in [-0.4, -0.2) is 30.9 Å². The number of aliphatic hydroxyl groups is 1. The minimum atomic E-state index is -0.943. The molecule has 1 saturated heterocycles. The molecule has 1 aliphatic carbocycles. The van der Waals surface area contributed by atoms with Crippen molar-refractivity contribution in [1.82, 2.24) is 0 Å². The molecule has 4 heteroatoms. The molecule has 1 fully saturated rings. The van der Waals surface area contributed by atoms with E-state index in [1.807, 2.05) is 42.5 Å². The highest BCUT2D eigenvalue weighted by Gasteiger charge is 2.64. The fraction of sp³-hybridized carbons (Fsp3) is 0.409. The molecule has 0 spiro atoms. The molecule has 4 nitrogen and oxygen atoms in total. The van der Waals surface area contributed by atoms with Gasteiger partial charge in [0.1, 0.15) is 11.0 Å². The molecule has 1 aliphatic heterocycles. The Morgan fingerprint density at radius 1 is 1.15 bits per heavy atom. The zero-order valence-electron chi connectivity index (χ0n) is 15.0. The first-order chi connectivity index (χ1) is 12.7. The number of hydrogen-bond donors (Lipinski definition) is 1. The molecule has 1 unspecified atom stereocenters. The van der Waals surface area contributed by atoms with E-state index in [1.54, 1.807) is 0 Å². The second-order valence-corrected chi connectivity index (χ2v) is 7.24. The van der Waals surface area contributed by atoms with Crippen molar-refractivity contribution >= 4 is 5.97 Å². The fourth-order valence-corrected chi connectivity index (χ4v) is 4.90. The third-order valence-corrected chi connectivity index (χ3v) is 6.09. The topological polar surface area (TPSA) is 55.8 Å². The van der Waals surface area contributed by atoms with Crippen LogP contribution in [0.15, 0.2) is 54.6 Å². The molecule has 2 aromatic carbocycles. The molecule has 3 atom stereocenters. The highest BCUT2D eigenvalue weighted by molar-refractivity contribution is 5.81. The van der Waals surface area contributed by atoms with E-state index in [9.17, 15) is 9.90 Å². The maximum Gasteiger partial charge on any atom is 0.315 e. The summed E-state index contributed by atoms with van der Waals surface area (Å²) in [7, 11) is 1.45. The predicted molar refractivity (Wildman–Crippen MR) is 97.6 cm³/mol. The minimum Gasteiger partial charge on any atom is -0.468 e. The van der Waals surface area contributed by atoms with Crippen molar-refractivity contribution in [3.63, 3.8) is 0 Å². The quantitative estimate of drug-likeness (QED) is 0.862. The SMILES string of the molecule is COC(=O)[C@]12CCc3ccccc3[C@@]1(c1ccccc1)OC(CO)CC2. The molecular weight excluding hydrogens is 328 g/mol. The highest BCUT2D eigenvalue weighted by Crippen LogP contribution is 2.60. The zero-order valence-corrected chi connectivity index (χ0v) is 15.0. The number of rotatable bonds is 3. The lowest BCUT2D eigenvalue weighted by atomic mass is 9.55. The number of aliphatic hydroxyl groups excluding tert-OH is 1. The van der Waals surface area contributed by atoms with Crippen LogP contribution in [0.3, 0.4) is 0 Å². The Bertz CT molecular complexity index is 803. The van der Waals surface area contributed by atoms with Gasteiger partial charge in [0.05, 0.1) is 19.8 Å². The Hall–Kier alpha value is -2.17. The van der Waals surface area contributed by atoms with E-state index in [1.165, 1.54) is 12.7 Å². The summed E-state index contributed by atoms with van der Waals surface area (Å²) in [5.74, 6) is -0.229. The number of benzene rings is 2. The number of aryl methyl sites for hydroxylation is 1. The first kappa shape index (κ1) is 17.3. The third kappa shape index (κ3) is 2.25. The van der Waals surface area contributed by atoms with Gasteiger partial charge >= 0.3 is 5.97 Å². The van der Waals surface area contributed by atoms with Gasteiger partial charge in [0, 0.05) is 0 Å². The summed E-state index contributed by atoms with van der Waals surface area (Å²) in [6, 6.07) is 18.1. The Morgan fingerprint density at radius 3 is 2.62 bits per heavy atom. The van der Waals surface area contributed by atoms with Gasteiger partial charge in [0.2, 0.25) is 0 Å². The van der Waals surface area contributed by atoms with Crippen molar-refractivity contribution in [2.45, 2.75) is 37.4 Å². The van der Waals surface area contributed by atoms with Crippen LogP contribution >= 0.6 is 0 Å². The standard InChI is InChI=1S/C22H24O4/c1-25-20(24)21-13-11-16-7-5-6-10-19(16)22(21,17-8-3-2-4-9-17)26-18(15-23)12-14-21/h2-10,18,23H,11-15H2,1H3/t18?,21-,22-/m1/s1. The van der Waals surface area contributed by atoms with Crippen LogP contribution in [0.1, 0.15) is 36.0 Å². The van der Waals surface area contributed by atoms with Crippen LogP contribution < -0.4 is 0 Å². The Kier molecular flexibility index (Phi) is 4.33. The van der Waals surface area contributed by atoms with Crippen LogP contribution in [0.5, 0.6) is 0 Å². The number of carbonyl (C=O) groups excluding carboxylic acids is 1. The summed E-state index contributed by atoms with van der Waals surface area (Å²) in [6.07, 6.45) is 2.45. The Morgan fingerprint density at radius 2 is 1.88 bits per heavy atom. The van der Waals surface area contributed by atoms with Gasteiger partial charge in [0.25, 0.3) is 0 Å². The molecule has 2 aliphatic rings. The smallest absolute Gasteiger partial charge is 0.315 e. The molecule has 0 bridgehead atoms. The average molecular weight is 352 g/mol. The largest absolute Gasteiger partial charge is 0.468 e. The van der Waals surface area contributed by atoms with Crippen LogP contribution in [0, 0.1) is 5.41 Å². The van der Waals surface area contributed by atoms with Crippen molar-refractivity contribution in [3.8, 4) is 0 Å². The second-order valence-electron chi connectivity index (χ2n) is 7.24. The van der Waals surface area contributed by atoms with Crippen molar-refractivity contribution < 1.29 is 19.4 Å². The first-order valence-corrected chi connectivity index (χ1v) is 9.19. The molecule has 0 saturated carbocycles. The number of ether oxygens (including phenoxy) is 2. The summed E-state index contributed by atoms with van der Waals surface area (Å²) in [4.78, 5) is 13.1. The summed E-state index contributed by atoms with van der Waals surface area (Å²) in [5, 5.41) is 9.83. The zero-order chi connectivity index (χ0) is 18.2. The lowest BCUT2D eigenvalue weighted by molar-refractivity contribution is -0.220. The fourth-order valence-electron chi connectivity index (χ4n) is 4.90. The van der Waals surface area contributed by atoms with Gasteiger partial charge in [-0.25, -0.2) is 0 Å². The van der Waals surface area contributed by atoms with Gasteiger partial charge in [-0.2, -0.15) is 0 Å². The van der Waals surface area contributed by atoms with Gasteiger partial charge in [0.15, 0.2) is 0 Å². The Labute approximate surface area is 153 Å². The molecule has 136 valence electrons. The number of hydrogen-bond acceptors (Lipinski definition) is 4. The maximum absolute atomic E-state index is 13.1. The van der Waals surface area contributed by atoms with Gasteiger partial charge in [-0.1, -0.05) is 54.6 Å². The lowest BCUT2D eigenvalue weighted by Gasteiger charge is -2.56. The number of fused-ring (bicyclic) bond motifs is 3. The van der Waals surface area contributed by atoms with E-state index in [0.717, 1.165) is 17.5 Å². The maximum atomic E-state index is 13.1. The van der Waals surface area contributed by atoms with Crippen molar-refractivity contribution in [3.05, 3.63) is 71.3 Å². The normalized spacial score (nSPS) is 30.2. The molecule has 26 heavy (non-hydrogen) atoms. The molecule has 1 N–H and O–H groups in total. The van der Waals surface area contributed by atoms with E-state index in [4.69, 9.17) is 9.47 Å². The van der Waals surface area contributed by atoms with E-state index in [0.29, 0.717) is 19.3 Å². The molecular formula is C22H24O4. The summed E-state index contributed by atoms with van der Waals surface area (Å²) >= 11 is 0. The van der Waals surface area contributed by atoms with Gasteiger partial charge < -0.3 is 14.6 Å². The van der Waals surface area contributed by atoms with Crippen molar-refractivity contribution in [1.29, 1.82) is 0 Å². The Balaban J connectivity index is 2.04. The molecule has 2 aromatic rings. The van der Waals surface area contributed by atoms with Gasteiger partial charge in [-0.15, -0.1) is 0 Å². The molecule has 0 radical (unpaired) electrons. The van der Waals surface area contributed by atoms with Gasteiger partial charge in [-0.3, -0.25) is 4.79 Å². The average Bonchev–Trinajstić information content (AvgIpc) is 2.73. The first-order valence-electron chi connectivity index (χ1n) is 9.19. The van der Waals surface area contributed by atoms with E-state index < -0.39 is 11.0 Å². The number of carbonyl (C=O) groups is 1. The lowest BCUT2D eigenvalue weighted by Crippen LogP contribution is -2.61. The molecule has 4 rings (SSSR count). The molecule has 1 heterocycles. The van der Waals surface area contributed by atoms with Crippen LogP contribution in [0.25, 0.3) is 0 Å². The van der Waals surface area contributed by atoms with Crippen LogP contribution in [0.2, 0.25) is 0 Å². The predicted octanol–water partition coefficient (Wildman–Crippen LogP) is 3.21. The minimum absolute atomic E-state index is 0.0615. The number of methoxy groups -OCH3 is 1. The van der Waals surface area contributed by atoms with E-state index in [2.05, 4.69) is 12.1 Å². The van der Waals surface area contributed by atoms with Crippen LogP contribution in [-0.2, 0) is 26.3 Å². The third-order valence-electron chi connectivity index (χ3n) is 6.09. The van der Waals surface area contributed by atoms with E-state index >= 15 is 0 Å². The van der Waals surface area contributed by atoms with E-state index in [-0.39, 0.29) is 18.7 Å². The van der Waals surface area contributed by atoms with Crippen LogP contribution in [0.4, 0.5) is 0 Å².